The minimum atomic E-state index is 0.595. The summed E-state index contributed by atoms with van der Waals surface area (Å²) in [7, 11) is 0. The quantitative estimate of drug-likeness (QED) is 0.695. The molecule has 1 heterocycles. The second-order valence-electron chi connectivity index (χ2n) is 4.02. The maximum atomic E-state index is 5.69. The van der Waals surface area contributed by atoms with E-state index in [9.17, 15) is 0 Å². The molecule has 0 spiro atoms. The highest BCUT2D eigenvalue weighted by Crippen LogP contribution is 2.16. The summed E-state index contributed by atoms with van der Waals surface area (Å²) in [5.74, 6) is 0. The molecular formula is C11H25N3. The predicted octanol–water partition coefficient (Wildman–Crippen LogP) is 1.10. The molecule has 0 saturated carbocycles. The third kappa shape index (κ3) is 2.94. The topological polar surface area (TPSA) is 32.5 Å². The molecule has 1 atom stereocenters. The maximum Gasteiger partial charge on any atom is 0.0634 e. The Morgan fingerprint density at radius 1 is 1.21 bits per heavy atom. The largest absolute Gasteiger partial charge is 0.330 e. The van der Waals surface area contributed by atoms with Gasteiger partial charge in [0.15, 0.2) is 0 Å². The van der Waals surface area contributed by atoms with E-state index in [0.29, 0.717) is 6.17 Å². The van der Waals surface area contributed by atoms with Gasteiger partial charge in [0.2, 0.25) is 0 Å². The molecule has 0 aromatic rings. The lowest BCUT2D eigenvalue weighted by atomic mass is 10.2. The van der Waals surface area contributed by atoms with Crippen LogP contribution >= 0.6 is 0 Å². The van der Waals surface area contributed by atoms with E-state index in [1.807, 2.05) is 0 Å². The van der Waals surface area contributed by atoms with Crippen molar-refractivity contribution in [2.45, 2.75) is 39.3 Å². The van der Waals surface area contributed by atoms with Gasteiger partial charge >= 0.3 is 0 Å². The van der Waals surface area contributed by atoms with Crippen molar-refractivity contribution in [3.05, 3.63) is 0 Å². The molecule has 1 fully saturated rings. The Morgan fingerprint density at radius 2 is 1.79 bits per heavy atom. The molecule has 1 saturated heterocycles. The van der Waals surface area contributed by atoms with E-state index in [4.69, 9.17) is 5.73 Å². The zero-order chi connectivity index (χ0) is 10.4. The van der Waals surface area contributed by atoms with E-state index in [1.165, 1.54) is 25.9 Å². The van der Waals surface area contributed by atoms with Crippen LogP contribution in [0, 0.1) is 0 Å². The van der Waals surface area contributed by atoms with Crippen LogP contribution in [0.15, 0.2) is 0 Å². The molecule has 3 heteroatoms. The highest BCUT2D eigenvalue weighted by atomic mass is 15.4. The summed E-state index contributed by atoms with van der Waals surface area (Å²) in [5, 5.41) is 0. The van der Waals surface area contributed by atoms with Crippen molar-refractivity contribution in [3.63, 3.8) is 0 Å². The lowest BCUT2D eigenvalue weighted by Crippen LogP contribution is -2.48. The molecule has 0 radical (unpaired) electrons. The molecule has 0 aromatic carbocycles. The minimum absolute atomic E-state index is 0.595. The molecule has 0 aliphatic carbocycles. The molecule has 0 amide bonds. The second kappa shape index (κ2) is 6.38. The van der Waals surface area contributed by atoms with Crippen LogP contribution in [0.3, 0.4) is 0 Å². The lowest BCUT2D eigenvalue weighted by molar-refractivity contribution is 0.0626. The Balaban J connectivity index is 2.51. The highest BCUT2D eigenvalue weighted by molar-refractivity contribution is 4.76. The zero-order valence-electron chi connectivity index (χ0n) is 9.71. The van der Waals surface area contributed by atoms with Gasteiger partial charge in [-0.25, -0.2) is 0 Å². The van der Waals surface area contributed by atoms with E-state index in [2.05, 4.69) is 23.6 Å². The fourth-order valence-corrected chi connectivity index (χ4v) is 2.43. The van der Waals surface area contributed by atoms with E-state index >= 15 is 0 Å². The van der Waals surface area contributed by atoms with Gasteiger partial charge in [0.25, 0.3) is 0 Å². The summed E-state index contributed by atoms with van der Waals surface area (Å²) >= 11 is 0. The Morgan fingerprint density at radius 3 is 2.21 bits per heavy atom. The first-order valence-corrected chi connectivity index (χ1v) is 6.01. The molecule has 1 aliphatic rings. The first-order valence-electron chi connectivity index (χ1n) is 6.01. The van der Waals surface area contributed by atoms with E-state index in [-0.39, 0.29) is 0 Å². The van der Waals surface area contributed by atoms with Gasteiger partial charge in [-0.2, -0.15) is 0 Å². The first kappa shape index (κ1) is 12.0. The van der Waals surface area contributed by atoms with Gasteiger partial charge in [-0.1, -0.05) is 13.8 Å². The van der Waals surface area contributed by atoms with Gasteiger partial charge in [-0.05, 0) is 52.0 Å². The van der Waals surface area contributed by atoms with Crippen LogP contribution in [0.1, 0.15) is 33.1 Å². The van der Waals surface area contributed by atoms with Crippen molar-refractivity contribution in [3.8, 4) is 0 Å². The predicted molar refractivity (Wildman–Crippen MR) is 61.2 cm³/mol. The van der Waals surface area contributed by atoms with Crippen LogP contribution < -0.4 is 5.73 Å². The molecule has 1 unspecified atom stereocenters. The molecule has 2 N–H and O–H groups in total. The van der Waals surface area contributed by atoms with Crippen LogP contribution in [0.25, 0.3) is 0 Å². The number of hydrogen-bond donors (Lipinski definition) is 1. The van der Waals surface area contributed by atoms with Crippen LogP contribution in [0.4, 0.5) is 0 Å². The summed E-state index contributed by atoms with van der Waals surface area (Å²) in [6.07, 6.45) is 4.43. The highest BCUT2D eigenvalue weighted by Gasteiger charge is 2.24. The third-order valence-electron chi connectivity index (χ3n) is 3.22. The van der Waals surface area contributed by atoms with Gasteiger partial charge in [-0.3, -0.25) is 9.80 Å². The van der Waals surface area contributed by atoms with Crippen molar-refractivity contribution < 1.29 is 0 Å². The number of hydrogen-bond acceptors (Lipinski definition) is 3. The lowest BCUT2D eigenvalue weighted by Gasteiger charge is -2.36. The Kier molecular flexibility index (Phi) is 5.45. The molecule has 1 aliphatic heterocycles. The number of nitrogens with two attached hydrogens (primary N) is 1. The molecular weight excluding hydrogens is 174 g/mol. The van der Waals surface area contributed by atoms with Crippen molar-refractivity contribution in [2.75, 3.05) is 32.7 Å². The Labute approximate surface area is 88.2 Å². The van der Waals surface area contributed by atoms with Gasteiger partial charge in [0.05, 0.1) is 6.17 Å². The second-order valence-corrected chi connectivity index (χ2v) is 4.02. The fraction of sp³-hybridized carbons (Fsp3) is 1.00. The molecule has 84 valence electrons. The zero-order valence-corrected chi connectivity index (χ0v) is 9.71. The summed E-state index contributed by atoms with van der Waals surface area (Å²) in [6.45, 7) is 10.1. The van der Waals surface area contributed by atoms with Crippen LogP contribution in [-0.2, 0) is 0 Å². The van der Waals surface area contributed by atoms with E-state index < -0.39 is 0 Å². The van der Waals surface area contributed by atoms with Gasteiger partial charge < -0.3 is 5.73 Å². The summed E-state index contributed by atoms with van der Waals surface area (Å²) in [5.41, 5.74) is 5.69. The van der Waals surface area contributed by atoms with Gasteiger partial charge in [0.1, 0.15) is 0 Å². The van der Waals surface area contributed by atoms with Crippen molar-refractivity contribution >= 4 is 0 Å². The monoisotopic (exact) mass is 199 g/mol. The van der Waals surface area contributed by atoms with E-state index in [1.54, 1.807) is 0 Å². The number of likely N-dealkylation sites (tertiary alicyclic amines) is 1. The van der Waals surface area contributed by atoms with Gasteiger partial charge in [0, 0.05) is 0 Å². The summed E-state index contributed by atoms with van der Waals surface area (Å²) in [6, 6.07) is 0. The standard InChI is InChI=1S/C11H25N3/c1-3-13(4-2)11(7-8-12)14-9-5-6-10-14/h11H,3-10,12H2,1-2H3. The SMILES string of the molecule is CCN(CC)C(CCN)N1CCCC1. The summed E-state index contributed by atoms with van der Waals surface area (Å²) in [4.78, 5) is 5.12. The smallest absolute Gasteiger partial charge is 0.0634 e. The maximum absolute atomic E-state index is 5.69. The molecule has 3 nitrogen and oxygen atoms in total. The summed E-state index contributed by atoms with van der Waals surface area (Å²) < 4.78 is 0. The Hall–Kier alpha value is -0.120. The van der Waals surface area contributed by atoms with Gasteiger partial charge in [-0.15, -0.1) is 0 Å². The molecule has 0 bridgehead atoms. The average Bonchev–Trinajstić information content (AvgIpc) is 2.71. The number of nitrogens with zero attached hydrogens (tertiary/aromatic N) is 2. The third-order valence-corrected chi connectivity index (χ3v) is 3.22. The van der Waals surface area contributed by atoms with Crippen molar-refractivity contribution in [1.82, 2.24) is 9.80 Å². The van der Waals surface area contributed by atoms with E-state index in [0.717, 1.165) is 26.1 Å². The fourth-order valence-electron chi connectivity index (χ4n) is 2.43. The van der Waals surface area contributed by atoms with Crippen LogP contribution in [0.2, 0.25) is 0 Å². The van der Waals surface area contributed by atoms with Crippen molar-refractivity contribution in [2.24, 2.45) is 5.73 Å². The number of rotatable bonds is 6. The van der Waals surface area contributed by atoms with Crippen LogP contribution in [0.5, 0.6) is 0 Å². The van der Waals surface area contributed by atoms with Crippen LogP contribution in [-0.4, -0.2) is 48.7 Å². The van der Waals surface area contributed by atoms with Crippen molar-refractivity contribution in [1.29, 1.82) is 0 Å². The first-order chi connectivity index (χ1) is 6.83. The molecule has 0 aromatic heterocycles. The minimum Gasteiger partial charge on any atom is -0.330 e. The normalized spacial score (nSPS) is 20.6. The molecule has 1 rings (SSSR count). The molecule has 14 heavy (non-hydrogen) atoms. The average molecular weight is 199 g/mol. The Bertz CT molecular complexity index is 137.